The lowest BCUT2D eigenvalue weighted by molar-refractivity contribution is -0.139. The van der Waals surface area contributed by atoms with E-state index in [9.17, 15) is 19.5 Å². The van der Waals surface area contributed by atoms with Crippen molar-refractivity contribution in [1.82, 2.24) is 5.32 Å². The van der Waals surface area contributed by atoms with Gasteiger partial charge >= 0.3 is 19.1 Å². The molecule has 8 nitrogen and oxygen atoms in total. The van der Waals surface area contributed by atoms with E-state index in [1.165, 1.54) is 31.4 Å². The predicted molar refractivity (Wildman–Crippen MR) is 123 cm³/mol. The fraction of sp³-hybridized carbons (Fsp3) is 0.375. The fourth-order valence-electron chi connectivity index (χ4n) is 3.37. The number of methoxy groups -OCH3 is 1. The largest absolute Gasteiger partial charge is 0.494 e. The molecule has 33 heavy (non-hydrogen) atoms. The summed E-state index contributed by atoms with van der Waals surface area (Å²) in [5, 5.41) is 12.1. The Hall–Kier alpha value is -3.17. The maximum absolute atomic E-state index is 12.6. The van der Waals surface area contributed by atoms with Gasteiger partial charge in [0.25, 0.3) is 5.91 Å². The van der Waals surface area contributed by atoms with E-state index in [4.69, 9.17) is 9.31 Å². The van der Waals surface area contributed by atoms with E-state index in [-0.39, 0.29) is 17.5 Å². The molecule has 1 heterocycles. The molecule has 2 aromatic carbocycles. The monoisotopic (exact) mass is 453 g/mol. The fourth-order valence-corrected chi connectivity index (χ4v) is 3.37. The lowest BCUT2D eigenvalue weighted by atomic mass is 9.78. The number of carboxylic acid groups (broad SMARTS) is 1. The molecule has 1 atom stereocenters. The first-order valence-corrected chi connectivity index (χ1v) is 10.6. The quantitative estimate of drug-likeness (QED) is 0.489. The van der Waals surface area contributed by atoms with Crippen molar-refractivity contribution in [2.45, 2.75) is 51.4 Å². The number of hydrogen-bond acceptors (Lipinski definition) is 6. The van der Waals surface area contributed by atoms with E-state index in [0.29, 0.717) is 0 Å². The average molecular weight is 453 g/mol. The van der Waals surface area contributed by atoms with Gasteiger partial charge in [-0.1, -0.05) is 30.3 Å². The summed E-state index contributed by atoms with van der Waals surface area (Å²) in [5.41, 5.74) is 1.01. The molecule has 0 bridgehead atoms. The number of carboxylic acids is 1. The minimum absolute atomic E-state index is 0.0847. The molecule has 2 N–H and O–H groups in total. The van der Waals surface area contributed by atoms with Crippen molar-refractivity contribution in [2.24, 2.45) is 0 Å². The molecule has 1 aliphatic rings. The Morgan fingerprint density at radius 2 is 1.58 bits per heavy atom. The highest BCUT2D eigenvalue weighted by atomic mass is 16.7. The van der Waals surface area contributed by atoms with E-state index < -0.39 is 42.2 Å². The number of esters is 1. The van der Waals surface area contributed by atoms with Crippen LogP contribution < -0.4 is 10.8 Å². The summed E-state index contributed by atoms with van der Waals surface area (Å²) in [4.78, 5) is 36.1. The van der Waals surface area contributed by atoms with Gasteiger partial charge in [-0.3, -0.25) is 4.79 Å². The molecule has 174 valence electrons. The number of rotatable bonds is 7. The standard InChI is InChI=1S/C24H28BNO7/c1-23(2)24(3,4)33-25(32-23)18-11-9-15(10-12-18)13-19(21(28)29)26-20(27)16-7-6-8-17(14-16)22(30)31-5/h6-12,14,19H,13H2,1-5H3,(H,26,27)(H,28,29)/t19-/m0/s1. The Kier molecular flexibility index (Phi) is 6.95. The summed E-state index contributed by atoms with van der Waals surface area (Å²) >= 11 is 0. The number of amides is 1. The van der Waals surface area contributed by atoms with E-state index >= 15 is 0 Å². The summed E-state index contributed by atoms with van der Waals surface area (Å²) in [6.45, 7) is 7.90. The second kappa shape index (κ2) is 9.37. The zero-order valence-corrected chi connectivity index (χ0v) is 19.4. The molecule has 3 rings (SSSR count). The Morgan fingerprint density at radius 3 is 2.12 bits per heavy atom. The van der Waals surface area contributed by atoms with Gasteiger partial charge in [0, 0.05) is 12.0 Å². The molecule has 0 aliphatic carbocycles. The van der Waals surface area contributed by atoms with Crippen LogP contribution in [-0.2, 0) is 25.3 Å². The summed E-state index contributed by atoms with van der Waals surface area (Å²) in [5.74, 6) is -2.34. The van der Waals surface area contributed by atoms with Crippen LogP contribution in [0.2, 0.25) is 0 Å². The van der Waals surface area contributed by atoms with Crippen molar-refractivity contribution in [3.63, 3.8) is 0 Å². The smallest absolute Gasteiger partial charge is 0.480 e. The van der Waals surface area contributed by atoms with Crippen LogP contribution >= 0.6 is 0 Å². The van der Waals surface area contributed by atoms with E-state index in [1.54, 1.807) is 12.1 Å². The van der Waals surface area contributed by atoms with Gasteiger partial charge in [-0.15, -0.1) is 0 Å². The number of ether oxygens (including phenoxy) is 1. The summed E-state index contributed by atoms with van der Waals surface area (Å²) in [7, 11) is 0.731. The van der Waals surface area contributed by atoms with Crippen molar-refractivity contribution in [2.75, 3.05) is 7.11 Å². The number of hydrogen-bond donors (Lipinski definition) is 2. The molecule has 0 saturated carbocycles. The van der Waals surface area contributed by atoms with Crippen molar-refractivity contribution in [3.05, 3.63) is 65.2 Å². The molecule has 0 radical (unpaired) electrons. The molecule has 1 fully saturated rings. The van der Waals surface area contributed by atoms with Crippen molar-refractivity contribution in [1.29, 1.82) is 0 Å². The van der Waals surface area contributed by atoms with Gasteiger partial charge in [0.05, 0.1) is 23.9 Å². The molecule has 0 aromatic heterocycles. The van der Waals surface area contributed by atoms with Crippen molar-refractivity contribution >= 4 is 30.4 Å². The lowest BCUT2D eigenvalue weighted by Gasteiger charge is -2.32. The Labute approximate surface area is 193 Å². The first-order valence-electron chi connectivity index (χ1n) is 10.6. The summed E-state index contributed by atoms with van der Waals surface area (Å²) < 4.78 is 16.7. The second-order valence-electron chi connectivity index (χ2n) is 8.97. The highest BCUT2D eigenvalue weighted by molar-refractivity contribution is 6.62. The number of benzene rings is 2. The van der Waals surface area contributed by atoms with Gasteiger partial charge in [0.2, 0.25) is 0 Å². The topological polar surface area (TPSA) is 111 Å². The van der Waals surface area contributed by atoms with Gasteiger partial charge in [0.1, 0.15) is 6.04 Å². The molecule has 2 aromatic rings. The SMILES string of the molecule is COC(=O)c1cccc(C(=O)N[C@@H](Cc2ccc(B3OC(C)(C)C(C)(C)O3)cc2)C(=O)O)c1. The van der Waals surface area contributed by atoms with Gasteiger partial charge in [-0.25, -0.2) is 9.59 Å². The average Bonchev–Trinajstić information content (AvgIpc) is 3.00. The number of nitrogens with one attached hydrogen (secondary N) is 1. The minimum Gasteiger partial charge on any atom is -0.480 e. The van der Waals surface area contributed by atoms with Crippen LogP contribution in [-0.4, -0.2) is 54.4 Å². The van der Waals surface area contributed by atoms with Crippen LogP contribution in [0.3, 0.4) is 0 Å². The van der Waals surface area contributed by atoms with Gasteiger partial charge in [-0.05, 0) is 56.9 Å². The third-order valence-corrected chi connectivity index (χ3v) is 6.09. The molecule has 0 unspecified atom stereocenters. The minimum atomic E-state index is -1.16. The molecular formula is C24H28BNO7. The molecule has 0 spiro atoms. The lowest BCUT2D eigenvalue weighted by Crippen LogP contribution is -2.42. The number of carbonyl (C=O) groups excluding carboxylic acids is 2. The molecule has 1 saturated heterocycles. The number of carbonyl (C=O) groups is 3. The Bertz CT molecular complexity index is 1030. The maximum Gasteiger partial charge on any atom is 0.494 e. The predicted octanol–water partition coefficient (Wildman–Crippen LogP) is 2.20. The van der Waals surface area contributed by atoms with E-state index in [0.717, 1.165) is 11.0 Å². The van der Waals surface area contributed by atoms with Gasteiger partial charge in [-0.2, -0.15) is 0 Å². The maximum atomic E-state index is 12.6. The first kappa shape index (κ1) is 24.5. The summed E-state index contributed by atoms with van der Waals surface area (Å²) in [6, 6.07) is 12.0. The zero-order valence-electron chi connectivity index (χ0n) is 19.4. The van der Waals surface area contributed by atoms with Crippen LogP contribution in [0.4, 0.5) is 0 Å². The van der Waals surface area contributed by atoms with Crippen LogP contribution in [0.5, 0.6) is 0 Å². The Morgan fingerprint density at radius 1 is 1.00 bits per heavy atom. The van der Waals surface area contributed by atoms with Crippen LogP contribution in [0, 0.1) is 0 Å². The van der Waals surface area contributed by atoms with Crippen LogP contribution in [0.25, 0.3) is 0 Å². The number of aliphatic carboxylic acids is 1. The second-order valence-corrected chi connectivity index (χ2v) is 8.97. The van der Waals surface area contributed by atoms with E-state index in [1.807, 2.05) is 39.8 Å². The molecule has 1 aliphatic heterocycles. The van der Waals surface area contributed by atoms with E-state index in [2.05, 4.69) is 10.1 Å². The van der Waals surface area contributed by atoms with Crippen molar-refractivity contribution < 1.29 is 33.5 Å². The van der Waals surface area contributed by atoms with Gasteiger partial charge in [0.15, 0.2) is 0 Å². The zero-order chi connectivity index (χ0) is 24.4. The highest BCUT2D eigenvalue weighted by Crippen LogP contribution is 2.36. The normalized spacial score (nSPS) is 17.3. The van der Waals surface area contributed by atoms with Crippen molar-refractivity contribution in [3.8, 4) is 0 Å². The Balaban J connectivity index is 1.69. The molecular weight excluding hydrogens is 425 g/mol. The summed E-state index contributed by atoms with van der Waals surface area (Å²) in [6.07, 6.45) is 0.0847. The first-order chi connectivity index (χ1) is 15.4. The third kappa shape index (κ3) is 5.43. The molecule has 1 amide bonds. The molecule has 9 heteroatoms. The van der Waals surface area contributed by atoms with Crippen LogP contribution in [0.15, 0.2) is 48.5 Å². The van der Waals surface area contributed by atoms with Gasteiger partial charge < -0.3 is 24.5 Å². The third-order valence-electron chi connectivity index (χ3n) is 6.09. The highest BCUT2D eigenvalue weighted by Gasteiger charge is 2.51. The van der Waals surface area contributed by atoms with Crippen LogP contribution in [0.1, 0.15) is 54.0 Å².